The molecule has 0 bridgehead atoms. The van der Waals surface area contributed by atoms with Crippen LogP contribution in [0.3, 0.4) is 0 Å². The van der Waals surface area contributed by atoms with Crippen LogP contribution in [0.4, 0.5) is 0 Å². The van der Waals surface area contributed by atoms with Crippen LogP contribution in [-0.2, 0) is 13.5 Å². The Morgan fingerprint density at radius 1 is 1.15 bits per heavy atom. The SMILES string of the molecule is CCc1ccc(-c2c(O)c(C(C)=NNC(=O)c3ccccc3)nn2C)cc1. The number of nitrogens with zero attached hydrogens (tertiary/aromatic N) is 3. The first-order valence-electron chi connectivity index (χ1n) is 8.76. The molecule has 0 aliphatic rings. The molecule has 0 unspecified atom stereocenters. The van der Waals surface area contributed by atoms with Crippen LogP contribution in [0.25, 0.3) is 11.3 Å². The molecule has 3 rings (SSSR count). The van der Waals surface area contributed by atoms with Crippen LogP contribution < -0.4 is 5.43 Å². The molecule has 0 radical (unpaired) electrons. The first-order valence-corrected chi connectivity index (χ1v) is 8.76. The molecule has 6 heteroatoms. The summed E-state index contributed by atoms with van der Waals surface area (Å²) in [6.07, 6.45) is 0.954. The number of hydrogen-bond donors (Lipinski definition) is 2. The number of rotatable bonds is 5. The molecule has 138 valence electrons. The number of nitrogens with one attached hydrogen (secondary N) is 1. The third-order valence-corrected chi connectivity index (χ3v) is 4.36. The average molecular weight is 362 g/mol. The molecule has 3 aromatic rings. The number of amides is 1. The lowest BCUT2D eigenvalue weighted by Gasteiger charge is -2.04. The topological polar surface area (TPSA) is 79.5 Å². The van der Waals surface area contributed by atoms with E-state index >= 15 is 0 Å². The van der Waals surface area contributed by atoms with E-state index in [0.717, 1.165) is 12.0 Å². The van der Waals surface area contributed by atoms with Gasteiger partial charge < -0.3 is 5.11 Å². The first kappa shape index (κ1) is 18.4. The monoisotopic (exact) mass is 362 g/mol. The minimum absolute atomic E-state index is 0.0389. The summed E-state index contributed by atoms with van der Waals surface area (Å²) in [5.41, 5.74) is 6.46. The van der Waals surface area contributed by atoms with Crippen molar-refractivity contribution in [3.05, 3.63) is 71.4 Å². The fourth-order valence-corrected chi connectivity index (χ4v) is 2.82. The Labute approximate surface area is 158 Å². The van der Waals surface area contributed by atoms with Crippen molar-refractivity contribution in [3.8, 4) is 17.0 Å². The Hall–Kier alpha value is -3.41. The highest BCUT2D eigenvalue weighted by Gasteiger charge is 2.19. The van der Waals surface area contributed by atoms with Crippen LogP contribution in [0, 0.1) is 0 Å². The fraction of sp³-hybridized carbons (Fsp3) is 0.190. The number of hydrazone groups is 1. The molecule has 1 amide bonds. The maximum atomic E-state index is 12.1. The second kappa shape index (κ2) is 7.86. The summed E-state index contributed by atoms with van der Waals surface area (Å²) in [6.45, 7) is 3.79. The van der Waals surface area contributed by atoms with Gasteiger partial charge in [-0.05, 0) is 31.0 Å². The molecule has 27 heavy (non-hydrogen) atoms. The van der Waals surface area contributed by atoms with Crippen molar-refractivity contribution in [2.24, 2.45) is 12.1 Å². The zero-order valence-electron chi connectivity index (χ0n) is 15.6. The minimum Gasteiger partial charge on any atom is -0.504 e. The molecule has 1 aromatic heterocycles. The van der Waals surface area contributed by atoms with Crippen LogP contribution in [0.1, 0.15) is 35.5 Å². The van der Waals surface area contributed by atoms with E-state index in [0.29, 0.717) is 22.7 Å². The lowest BCUT2D eigenvalue weighted by Crippen LogP contribution is -2.19. The summed E-state index contributed by atoms with van der Waals surface area (Å²) in [4.78, 5) is 12.1. The molecule has 6 nitrogen and oxygen atoms in total. The quantitative estimate of drug-likeness (QED) is 0.538. The number of carbonyl (C=O) groups excluding carboxylic acids is 1. The highest BCUT2D eigenvalue weighted by Crippen LogP contribution is 2.32. The van der Waals surface area contributed by atoms with E-state index in [9.17, 15) is 9.90 Å². The van der Waals surface area contributed by atoms with Gasteiger partial charge in [0.15, 0.2) is 11.4 Å². The van der Waals surface area contributed by atoms with Crippen molar-refractivity contribution in [2.45, 2.75) is 20.3 Å². The molecule has 0 aliphatic carbocycles. The van der Waals surface area contributed by atoms with Crippen LogP contribution in [0.2, 0.25) is 0 Å². The zero-order valence-corrected chi connectivity index (χ0v) is 15.6. The largest absolute Gasteiger partial charge is 0.504 e. The number of aryl methyl sites for hydroxylation is 2. The number of hydrogen-bond acceptors (Lipinski definition) is 4. The Morgan fingerprint density at radius 3 is 2.44 bits per heavy atom. The number of aromatic hydroxyl groups is 1. The van der Waals surface area contributed by atoms with Gasteiger partial charge in [0.2, 0.25) is 0 Å². The maximum Gasteiger partial charge on any atom is 0.271 e. The molecule has 2 N–H and O–H groups in total. The van der Waals surface area contributed by atoms with Gasteiger partial charge in [0.25, 0.3) is 5.91 Å². The van der Waals surface area contributed by atoms with Crippen molar-refractivity contribution in [1.29, 1.82) is 0 Å². The van der Waals surface area contributed by atoms with Gasteiger partial charge in [-0.25, -0.2) is 5.43 Å². The highest BCUT2D eigenvalue weighted by atomic mass is 16.3. The van der Waals surface area contributed by atoms with Gasteiger partial charge in [-0.1, -0.05) is 49.4 Å². The highest BCUT2D eigenvalue weighted by molar-refractivity contribution is 6.02. The van der Waals surface area contributed by atoms with Gasteiger partial charge in [0, 0.05) is 18.2 Å². The molecule has 0 aliphatic heterocycles. The summed E-state index contributed by atoms with van der Waals surface area (Å²) in [5, 5.41) is 19.1. The standard InChI is InChI=1S/C21H22N4O2/c1-4-15-10-12-16(13-11-15)19-20(26)18(24-25(19)3)14(2)22-23-21(27)17-8-6-5-7-9-17/h5-13,26H,4H2,1-3H3,(H,23,27). The molecular weight excluding hydrogens is 340 g/mol. The normalized spacial score (nSPS) is 11.4. The van der Waals surface area contributed by atoms with Gasteiger partial charge in [0.1, 0.15) is 5.69 Å². The van der Waals surface area contributed by atoms with E-state index in [1.54, 1.807) is 42.9 Å². The van der Waals surface area contributed by atoms with Crippen molar-refractivity contribution >= 4 is 11.6 Å². The van der Waals surface area contributed by atoms with Crippen LogP contribution in [0.15, 0.2) is 59.7 Å². The number of benzene rings is 2. The summed E-state index contributed by atoms with van der Waals surface area (Å²) in [5.74, 6) is -0.280. The maximum absolute atomic E-state index is 12.1. The Kier molecular flexibility index (Phi) is 5.35. The Morgan fingerprint density at radius 2 is 1.81 bits per heavy atom. The van der Waals surface area contributed by atoms with Crippen molar-refractivity contribution < 1.29 is 9.90 Å². The smallest absolute Gasteiger partial charge is 0.271 e. The zero-order chi connectivity index (χ0) is 19.4. The van der Waals surface area contributed by atoms with Crippen molar-refractivity contribution in [2.75, 3.05) is 0 Å². The van der Waals surface area contributed by atoms with Crippen LogP contribution in [-0.4, -0.2) is 26.5 Å². The summed E-state index contributed by atoms with van der Waals surface area (Å²) in [7, 11) is 1.77. The molecule has 0 fully saturated rings. The Balaban J connectivity index is 1.85. The van der Waals surface area contributed by atoms with Gasteiger partial charge in [-0.3, -0.25) is 9.48 Å². The third kappa shape index (κ3) is 3.89. The van der Waals surface area contributed by atoms with Gasteiger partial charge in [0.05, 0.1) is 5.71 Å². The fourth-order valence-electron chi connectivity index (χ4n) is 2.82. The average Bonchev–Trinajstić information content (AvgIpc) is 3.00. The summed E-state index contributed by atoms with van der Waals surface area (Å²) < 4.78 is 1.61. The summed E-state index contributed by atoms with van der Waals surface area (Å²) >= 11 is 0. The molecular formula is C21H22N4O2. The lowest BCUT2D eigenvalue weighted by atomic mass is 10.1. The van der Waals surface area contributed by atoms with Crippen molar-refractivity contribution in [1.82, 2.24) is 15.2 Å². The number of aromatic nitrogens is 2. The predicted molar refractivity (Wildman–Crippen MR) is 106 cm³/mol. The van der Waals surface area contributed by atoms with E-state index in [4.69, 9.17) is 0 Å². The second-order valence-electron chi connectivity index (χ2n) is 6.22. The molecule has 0 saturated carbocycles. The van der Waals surface area contributed by atoms with E-state index in [-0.39, 0.29) is 11.7 Å². The molecule has 2 aromatic carbocycles. The van der Waals surface area contributed by atoms with Gasteiger partial charge in [-0.2, -0.15) is 10.2 Å². The van der Waals surface area contributed by atoms with E-state index in [1.807, 2.05) is 30.3 Å². The van der Waals surface area contributed by atoms with Gasteiger partial charge in [-0.15, -0.1) is 0 Å². The van der Waals surface area contributed by atoms with Crippen molar-refractivity contribution in [3.63, 3.8) is 0 Å². The van der Waals surface area contributed by atoms with Crippen LogP contribution in [0.5, 0.6) is 5.75 Å². The third-order valence-electron chi connectivity index (χ3n) is 4.36. The molecule has 0 spiro atoms. The first-order chi connectivity index (χ1) is 13.0. The minimum atomic E-state index is -0.319. The number of carbonyl (C=O) groups is 1. The van der Waals surface area contributed by atoms with E-state index in [2.05, 4.69) is 22.5 Å². The lowest BCUT2D eigenvalue weighted by molar-refractivity contribution is 0.0955. The predicted octanol–water partition coefficient (Wildman–Crippen LogP) is 3.51. The molecule has 0 atom stereocenters. The Bertz CT molecular complexity index is 973. The van der Waals surface area contributed by atoms with E-state index in [1.165, 1.54) is 5.56 Å². The van der Waals surface area contributed by atoms with E-state index < -0.39 is 0 Å². The van der Waals surface area contributed by atoms with Gasteiger partial charge >= 0.3 is 0 Å². The molecule has 1 heterocycles. The van der Waals surface area contributed by atoms with Crippen LogP contribution >= 0.6 is 0 Å². The second-order valence-corrected chi connectivity index (χ2v) is 6.22. The summed E-state index contributed by atoms with van der Waals surface area (Å²) in [6, 6.07) is 16.8. The molecule has 0 saturated heterocycles.